The average Bonchev–Trinajstić information content (AvgIpc) is 3.34. The van der Waals surface area contributed by atoms with Gasteiger partial charge in [-0.15, -0.1) is 0 Å². The zero-order valence-corrected chi connectivity index (χ0v) is 19.7. The summed E-state index contributed by atoms with van der Waals surface area (Å²) in [4.78, 5) is 41.7. The summed E-state index contributed by atoms with van der Waals surface area (Å²) >= 11 is 0. The van der Waals surface area contributed by atoms with Crippen LogP contribution >= 0.6 is 0 Å². The van der Waals surface area contributed by atoms with Gasteiger partial charge in [0.1, 0.15) is 11.9 Å². The van der Waals surface area contributed by atoms with Crippen LogP contribution in [0.4, 0.5) is 29.5 Å². The van der Waals surface area contributed by atoms with Crippen molar-refractivity contribution in [3.63, 3.8) is 0 Å². The number of carboxylic acids is 1. The number of alkyl halides is 3. The van der Waals surface area contributed by atoms with Gasteiger partial charge in [0.25, 0.3) is 0 Å². The number of carboxylic acid groups (broad SMARTS) is 1. The molecule has 3 N–H and O–H groups in total. The molecule has 3 amide bonds. The lowest BCUT2D eigenvalue weighted by molar-refractivity contribution is -0.138. The fourth-order valence-electron chi connectivity index (χ4n) is 4.16. The van der Waals surface area contributed by atoms with Crippen molar-refractivity contribution in [3.05, 3.63) is 77.5 Å². The lowest BCUT2D eigenvalue weighted by atomic mass is 10.0. The number of hydrogen-bond acceptors (Lipinski definition) is 4. The highest BCUT2D eigenvalue weighted by Gasteiger charge is 2.35. The number of carbonyl (C=O) groups is 3. The zero-order valence-electron chi connectivity index (χ0n) is 19.7. The smallest absolute Gasteiger partial charge is 0.418 e. The highest BCUT2D eigenvalue weighted by molar-refractivity contribution is 5.99. The van der Waals surface area contributed by atoms with Crippen molar-refractivity contribution in [3.8, 4) is 11.1 Å². The number of aromatic carboxylic acids is 1. The van der Waals surface area contributed by atoms with Crippen LogP contribution in [-0.2, 0) is 11.0 Å². The second-order valence-electron chi connectivity index (χ2n) is 8.61. The predicted molar refractivity (Wildman–Crippen MR) is 130 cm³/mol. The van der Waals surface area contributed by atoms with Crippen molar-refractivity contribution < 1.29 is 32.7 Å². The van der Waals surface area contributed by atoms with Crippen LogP contribution in [0.3, 0.4) is 0 Å². The number of carbonyl (C=O) groups excluding carboxylic acids is 2. The van der Waals surface area contributed by atoms with E-state index < -0.39 is 29.8 Å². The minimum Gasteiger partial charge on any atom is -0.478 e. The number of hydrogen-bond donors (Lipinski definition) is 3. The molecule has 0 unspecified atom stereocenters. The Labute approximate surface area is 210 Å². The molecule has 1 aliphatic rings. The minimum absolute atomic E-state index is 0.0338. The molecule has 192 valence electrons. The molecule has 1 atom stereocenters. The third-order valence-corrected chi connectivity index (χ3v) is 6.09. The number of likely N-dealkylation sites (tertiary alicyclic amines) is 1. The van der Waals surface area contributed by atoms with Gasteiger partial charge in [0.15, 0.2) is 0 Å². The standard InChI is InChI=1S/C26H23F3N4O4/c1-15-13-22(30-14-20(15)26(27,28)29)32-25(37)33-12-2-3-21(33)23(34)31-19-10-8-17(9-11-19)16-4-6-18(7-5-16)24(35)36/h4-11,13-14,21H,2-3,12H2,1H3,(H,31,34)(H,35,36)(H,30,32,37)/t21-/m1/s1. The van der Waals surface area contributed by atoms with E-state index in [0.717, 1.165) is 17.2 Å². The Kier molecular flexibility index (Phi) is 7.14. The van der Waals surface area contributed by atoms with E-state index in [9.17, 15) is 27.6 Å². The summed E-state index contributed by atoms with van der Waals surface area (Å²) in [6, 6.07) is 13.1. The molecular formula is C26H23F3N4O4. The van der Waals surface area contributed by atoms with Gasteiger partial charge >= 0.3 is 18.2 Å². The molecule has 3 aromatic rings. The number of urea groups is 1. The monoisotopic (exact) mass is 512 g/mol. The fraction of sp³-hybridized carbons (Fsp3) is 0.231. The molecule has 4 rings (SSSR count). The van der Waals surface area contributed by atoms with Crippen LogP contribution in [0.5, 0.6) is 0 Å². The number of aromatic nitrogens is 1. The Morgan fingerprint density at radius 2 is 1.62 bits per heavy atom. The maximum absolute atomic E-state index is 13.0. The third-order valence-electron chi connectivity index (χ3n) is 6.09. The Morgan fingerprint density at radius 1 is 1.00 bits per heavy atom. The molecule has 1 saturated heterocycles. The first kappa shape index (κ1) is 25.7. The number of benzene rings is 2. The molecule has 1 aliphatic heterocycles. The summed E-state index contributed by atoms with van der Waals surface area (Å²) < 4.78 is 38.9. The van der Waals surface area contributed by atoms with E-state index in [4.69, 9.17) is 5.11 Å². The first-order valence-corrected chi connectivity index (χ1v) is 11.4. The molecule has 1 fully saturated rings. The van der Waals surface area contributed by atoms with Gasteiger partial charge < -0.3 is 15.3 Å². The molecule has 0 saturated carbocycles. The predicted octanol–water partition coefficient (Wildman–Crippen LogP) is 5.41. The molecule has 11 heteroatoms. The molecule has 2 aromatic carbocycles. The van der Waals surface area contributed by atoms with E-state index in [-0.39, 0.29) is 22.9 Å². The second kappa shape index (κ2) is 10.3. The number of nitrogens with one attached hydrogen (secondary N) is 2. The van der Waals surface area contributed by atoms with E-state index in [1.54, 1.807) is 36.4 Å². The van der Waals surface area contributed by atoms with Crippen LogP contribution in [0.25, 0.3) is 11.1 Å². The minimum atomic E-state index is -4.54. The third kappa shape index (κ3) is 5.88. The molecule has 37 heavy (non-hydrogen) atoms. The van der Waals surface area contributed by atoms with E-state index in [1.165, 1.54) is 24.0 Å². The van der Waals surface area contributed by atoms with Gasteiger partial charge in [-0.3, -0.25) is 10.1 Å². The van der Waals surface area contributed by atoms with Crippen LogP contribution in [-0.4, -0.2) is 45.5 Å². The Bertz CT molecular complexity index is 1330. The van der Waals surface area contributed by atoms with Gasteiger partial charge in [-0.2, -0.15) is 13.2 Å². The SMILES string of the molecule is Cc1cc(NC(=O)N2CCC[C@@H]2C(=O)Nc2ccc(-c3ccc(C(=O)O)cc3)cc2)ncc1C(F)(F)F. The highest BCUT2D eigenvalue weighted by Crippen LogP contribution is 2.32. The molecular weight excluding hydrogens is 489 g/mol. The summed E-state index contributed by atoms with van der Waals surface area (Å²) in [7, 11) is 0. The van der Waals surface area contributed by atoms with Crippen molar-refractivity contribution in [2.24, 2.45) is 0 Å². The normalized spacial score (nSPS) is 15.4. The summed E-state index contributed by atoms with van der Waals surface area (Å²) in [6.07, 6.45) is -2.84. The van der Waals surface area contributed by atoms with Crippen LogP contribution < -0.4 is 10.6 Å². The van der Waals surface area contributed by atoms with Gasteiger partial charge in [0, 0.05) is 18.4 Å². The largest absolute Gasteiger partial charge is 0.478 e. The summed E-state index contributed by atoms with van der Waals surface area (Å²) in [5.74, 6) is -1.43. The lowest BCUT2D eigenvalue weighted by Crippen LogP contribution is -2.45. The van der Waals surface area contributed by atoms with Crippen molar-refractivity contribution in [1.82, 2.24) is 9.88 Å². The van der Waals surface area contributed by atoms with Crippen molar-refractivity contribution in [2.75, 3.05) is 17.2 Å². The summed E-state index contributed by atoms with van der Waals surface area (Å²) in [5, 5.41) is 14.3. The molecule has 1 aromatic heterocycles. The maximum Gasteiger partial charge on any atom is 0.418 e. The van der Waals surface area contributed by atoms with E-state index in [1.807, 2.05) is 0 Å². The van der Waals surface area contributed by atoms with Crippen molar-refractivity contribution in [2.45, 2.75) is 32.0 Å². The number of aryl methyl sites for hydroxylation is 1. The van der Waals surface area contributed by atoms with Gasteiger partial charge in [-0.1, -0.05) is 24.3 Å². The summed E-state index contributed by atoms with van der Waals surface area (Å²) in [6.45, 7) is 1.59. The number of nitrogens with zero attached hydrogens (tertiary/aromatic N) is 2. The first-order valence-electron chi connectivity index (χ1n) is 11.4. The first-order chi connectivity index (χ1) is 17.5. The number of halogens is 3. The highest BCUT2D eigenvalue weighted by atomic mass is 19.4. The van der Waals surface area contributed by atoms with E-state index in [0.29, 0.717) is 31.3 Å². The number of pyridine rings is 1. The lowest BCUT2D eigenvalue weighted by Gasteiger charge is -2.24. The van der Waals surface area contributed by atoms with Gasteiger partial charge in [0.05, 0.1) is 11.1 Å². The number of amides is 3. The van der Waals surface area contributed by atoms with Crippen LogP contribution in [0.1, 0.15) is 34.3 Å². The Balaban J connectivity index is 1.39. The van der Waals surface area contributed by atoms with E-state index >= 15 is 0 Å². The Morgan fingerprint density at radius 3 is 2.19 bits per heavy atom. The maximum atomic E-state index is 13.0. The molecule has 2 heterocycles. The Hall–Kier alpha value is -4.41. The molecule has 0 bridgehead atoms. The fourth-order valence-corrected chi connectivity index (χ4v) is 4.16. The molecule has 0 radical (unpaired) electrons. The van der Waals surface area contributed by atoms with Crippen molar-refractivity contribution >= 4 is 29.4 Å². The van der Waals surface area contributed by atoms with Gasteiger partial charge in [-0.05, 0) is 66.8 Å². The molecule has 0 spiro atoms. The topological polar surface area (TPSA) is 112 Å². The van der Waals surface area contributed by atoms with Gasteiger partial charge in [0.2, 0.25) is 5.91 Å². The zero-order chi connectivity index (χ0) is 26.7. The molecule has 0 aliphatic carbocycles. The molecule has 8 nitrogen and oxygen atoms in total. The van der Waals surface area contributed by atoms with Crippen LogP contribution in [0, 0.1) is 6.92 Å². The van der Waals surface area contributed by atoms with Crippen molar-refractivity contribution in [1.29, 1.82) is 0 Å². The second-order valence-corrected chi connectivity index (χ2v) is 8.61. The quantitative estimate of drug-likeness (QED) is 0.423. The number of rotatable bonds is 5. The van der Waals surface area contributed by atoms with Crippen LogP contribution in [0.15, 0.2) is 60.8 Å². The van der Waals surface area contributed by atoms with Gasteiger partial charge in [-0.25, -0.2) is 14.6 Å². The number of anilines is 2. The van der Waals surface area contributed by atoms with Crippen LogP contribution in [0.2, 0.25) is 0 Å². The average molecular weight is 512 g/mol. The van der Waals surface area contributed by atoms with E-state index in [2.05, 4.69) is 15.6 Å². The summed E-state index contributed by atoms with van der Waals surface area (Å²) in [5.41, 5.74) is 1.39.